The van der Waals surface area contributed by atoms with Gasteiger partial charge in [-0.15, -0.1) is 0 Å². The third-order valence-corrected chi connectivity index (χ3v) is 3.38. The van der Waals surface area contributed by atoms with Gasteiger partial charge in [-0.2, -0.15) is 5.10 Å². The van der Waals surface area contributed by atoms with E-state index in [1.807, 2.05) is 53.5 Å². The van der Waals surface area contributed by atoms with Gasteiger partial charge >= 0.3 is 0 Å². The molecule has 0 bridgehead atoms. The van der Waals surface area contributed by atoms with Crippen LogP contribution in [0, 0.1) is 0 Å². The largest absolute Gasteiger partial charge is 0.306 e. The van der Waals surface area contributed by atoms with Crippen LogP contribution < -0.4 is 5.32 Å². The Balaban J connectivity index is 1.93. The Morgan fingerprint density at radius 2 is 1.90 bits per heavy atom. The molecule has 1 aromatic carbocycles. The molecule has 21 heavy (non-hydrogen) atoms. The minimum absolute atomic E-state index is 0.112. The molecule has 0 amide bonds. The van der Waals surface area contributed by atoms with E-state index in [9.17, 15) is 0 Å². The molecule has 0 spiro atoms. The molecule has 0 aliphatic rings. The molecule has 4 heteroatoms. The first-order chi connectivity index (χ1) is 10.4. The Morgan fingerprint density at radius 3 is 2.62 bits per heavy atom. The second-order valence-corrected chi connectivity index (χ2v) is 4.83. The number of pyridine rings is 1. The molecule has 2 aromatic heterocycles. The van der Waals surface area contributed by atoms with Crippen LogP contribution in [0.1, 0.15) is 24.1 Å². The highest BCUT2D eigenvalue weighted by Gasteiger charge is 2.15. The highest BCUT2D eigenvalue weighted by atomic mass is 15.3. The van der Waals surface area contributed by atoms with Crippen molar-refractivity contribution >= 4 is 0 Å². The van der Waals surface area contributed by atoms with E-state index in [0.29, 0.717) is 0 Å². The first-order valence-corrected chi connectivity index (χ1v) is 7.12. The molecule has 3 rings (SSSR count). The Bertz CT molecular complexity index is 676. The van der Waals surface area contributed by atoms with Gasteiger partial charge in [-0.25, -0.2) is 4.68 Å². The van der Waals surface area contributed by atoms with Gasteiger partial charge in [0, 0.05) is 24.2 Å². The molecular weight excluding hydrogens is 260 g/mol. The van der Waals surface area contributed by atoms with Crippen LogP contribution in [0.15, 0.2) is 67.3 Å². The molecule has 3 aromatic rings. The van der Waals surface area contributed by atoms with E-state index in [0.717, 1.165) is 23.4 Å². The second kappa shape index (κ2) is 6.33. The normalized spacial score (nSPS) is 12.2. The molecule has 106 valence electrons. The third kappa shape index (κ3) is 3.01. The number of nitrogens with zero attached hydrogens (tertiary/aromatic N) is 3. The van der Waals surface area contributed by atoms with E-state index in [-0.39, 0.29) is 6.04 Å². The maximum Gasteiger partial charge on any atom is 0.0645 e. The number of aromatic nitrogens is 3. The zero-order chi connectivity index (χ0) is 14.5. The van der Waals surface area contributed by atoms with Gasteiger partial charge in [0.05, 0.1) is 17.9 Å². The molecule has 1 atom stereocenters. The first kappa shape index (κ1) is 13.5. The van der Waals surface area contributed by atoms with Crippen molar-refractivity contribution in [2.24, 2.45) is 0 Å². The molecule has 0 aliphatic carbocycles. The minimum Gasteiger partial charge on any atom is -0.306 e. The fourth-order valence-corrected chi connectivity index (χ4v) is 2.39. The maximum absolute atomic E-state index is 4.47. The Morgan fingerprint density at radius 1 is 1.05 bits per heavy atom. The fourth-order valence-electron chi connectivity index (χ4n) is 2.39. The summed E-state index contributed by atoms with van der Waals surface area (Å²) in [6, 6.07) is 14.3. The average Bonchev–Trinajstić information content (AvgIpc) is 3.04. The number of hydrogen-bond acceptors (Lipinski definition) is 3. The number of benzene rings is 1. The smallest absolute Gasteiger partial charge is 0.0645 e. The van der Waals surface area contributed by atoms with Crippen molar-refractivity contribution in [3.63, 3.8) is 0 Å². The summed E-state index contributed by atoms with van der Waals surface area (Å²) in [5.74, 6) is 0. The number of para-hydroxylation sites is 1. The highest BCUT2D eigenvalue weighted by molar-refractivity contribution is 5.33. The van der Waals surface area contributed by atoms with Gasteiger partial charge in [0.15, 0.2) is 0 Å². The quantitative estimate of drug-likeness (QED) is 0.780. The first-order valence-electron chi connectivity index (χ1n) is 7.12. The van der Waals surface area contributed by atoms with E-state index in [1.165, 1.54) is 0 Å². The second-order valence-electron chi connectivity index (χ2n) is 4.83. The van der Waals surface area contributed by atoms with E-state index >= 15 is 0 Å². The van der Waals surface area contributed by atoms with E-state index < -0.39 is 0 Å². The lowest BCUT2D eigenvalue weighted by Crippen LogP contribution is -2.21. The van der Waals surface area contributed by atoms with Gasteiger partial charge in [-0.1, -0.05) is 31.2 Å². The summed E-state index contributed by atoms with van der Waals surface area (Å²) >= 11 is 0. The zero-order valence-corrected chi connectivity index (χ0v) is 12.0. The monoisotopic (exact) mass is 278 g/mol. The van der Waals surface area contributed by atoms with Crippen LogP contribution in [0.2, 0.25) is 0 Å². The fraction of sp³-hybridized carbons (Fsp3) is 0.176. The minimum atomic E-state index is 0.112. The van der Waals surface area contributed by atoms with Crippen molar-refractivity contribution in [1.82, 2.24) is 20.1 Å². The number of nitrogens with one attached hydrogen (secondary N) is 1. The average molecular weight is 278 g/mol. The van der Waals surface area contributed by atoms with Crippen molar-refractivity contribution < 1.29 is 0 Å². The van der Waals surface area contributed by atoms with E-state index in [1.54, 1.807) is 6.20 Å². The standard InChI is InChI=1S/C17H18N4/c1-2-19-17(14-7-6-10-18-11-14)15-12-20-21(13-15)16-8-4-3-5-9-16/h3-13,17,19H,2H2,1H3. The van der Waals surface area contributed by atoms with Gasteiger partial charge < -0.3 is 5.32 Å². The summed E-state index contributed by atoms with van der Waals surface area (Å²) in [5.41, 5.74) is 3.34. The predicted molar refractivity (Wildman–Crippen MR) is 83.3 cm³/mol. The summed E-state index contributed by atoms with van der Waals surface area (Å²) in [6.45, 7) is 2.99. The summed E-state index contributed by atoms with van der Waals surface area (Å²) in [5, 5.41) is 7.96. The van der Waals surface area contributed by atoms with Crippen molar-refractivity contribution in [2.45, 2.75) is 13.0 Å². The van der Waals surface area contributed by atoms with Crippen LogP contribution in [-0.2, 0) is 0 Å². The number of hydrogen-bond donors (Lipinski definition) is 1. The molecule has 4 nitrogen and oxygen atoms in total. The molecule has 2 heterocycles. The van der Waals surface area contributed by atoms with E-state index in [2.05, 4.69) is 34.6 Å². The van der Waals surface area contributed by atoms with E-state index in [4.69, 9.17) is 0 Å². The predicted octanol–water partition coefficient (Wildman–Crippen LogP) is 2.97. The molecule has 0 saturated carbocycles. The topological polar surface area (TPSA) is 42.7 Å². The molecule has 1 N–H and O–H groups in total. The molecule has 0 radical (unpaired) electrons. The van der Waals surface area contributed by atoms with Crippen LogP contribution in [0.4, 0.5) is 0 Å². The zero-order valence-electron chi connectivity index (χ0n) is 12.0. The van der Waals surface area contributed by atoms with Crippen LogP contribution in [0.25, 0.3) is 5.69 Å². The summed E-state index contributed by atoms with van der Waals surface area (Å²) < 4.78 is 1.90. The summed E-state index contributed by atoms with van der Waals surface area (Å²) in [4.78, 5) is 4.21. The Labute approximate surface area is 124 Å². The molecule has 0 fully saturated rings. The third-order valence-electron chi connectivity index (χ3n) is 3.38. The maximum atomic E-state index is 4.47. The number of rotatable bonds is 5. The van der Waals surface area contributed by atoms with Crippen LogP contribution in [0.5, 0.6) is 0 Å². The van der Waals surface area contributed by atoms with Gasteiger partial charge in [0.25, 0.3) is 0 Å². The van der Waals surface area contributed by atoms with Crippen LogP contribution >= 0.6 is 0 Å². The molecule has 1 unspecified atom stereocenters. The lowest BCUT2D eigenvalue weighted by atomic mass is 10.0. The molecular formula is C17H18N4. The van der Waals surface area contributed by atoms with Crippen molar-refractivity contribution in [1.29, 1.82) is 0 Å². The SMILES string of the molecule is CCNC(c1cccnc1)c1cnn(-c2ccccc2)c1. The summed E-state index contributed by atoms with van der Waals surface area (Å²) in [7, 11) is 0. The van der Waals surface area contributed by atoms with Gasteiger partial charge in [0.1, 0.15) is 0 Å². The van der Waals surface area contributed by atoms with Gasteiger partial charge in [0.2, 0.25) is 0 Å². The Kier molecular flexibility index (Phi) is 4.07. The lowest BCUT2D eigenvalue weighted by Gasteiger charge is -2.16. The highest BCUT2D eigenvalue weighted by Crippen LogP contribution is 2.21. The molecule has 0 aliphatic heterocycles. The summed E-state index contributed by atoms with van der Waals surface area (Å²) in [6.07, 6.45) is 7.66. The van der Waals surface area contributed by atoms with Crippen LogP contribution in [-0.4, -0.2) is 21.3 Å². The van der Waals surface area contributed by atoms with Gasteiger partial charge in [-0.3, -0.25) is 4.98 Å². The van der Waals surface area contributed by atoms with Crippen molar-refractivity contribution in [3.8, 4) is 5.69 Å². The lowest BCUT2D eigenvalue weighted by molar-refractivity contribution is 0.628. The van der Waals surface area contributed by atoms with Crippen molar-refractivity contribution in [3.05, 3.63) is 78.4 Å². The Hall–Kier alpha value is -2.46. The van der Waals surface area contributed by atoms with Crippen LogP contribution in [0.3, 0.4) is 0 Å². The van der Waals surface area contributed by atoms with Crippen molar-refractivity contribution in [2.75, 3.05) is 6.54 Å². The van der Waals surface area contributed by atoms with Gasteiger partial charge in [-0.05, 0) is 30.3 Å². The molecule has 0 saturated heterocycles.